The number of nitrogens with one attached hydrogen (secondary N) is 1. The van der Waals surface area contributed by atoms with Gasteiger partial charge in [0.1, 0.15) is 0 Å². The van der Waals surface area contributed by atoms with Gasteiger partial charge in [-0.2, -0.15) is 11.3 Å². The van der Waals surface area contributed by atoms with Crippen molar-refractivity contribution < 1.29 is 9.59 Å². The molecular formula is C17H25N3O2S. The molecule has 0 bridgehead atoms. The fraction of sp³-hybridized carbons (Fsp3) is 0.647. The highest BCUT2D eigenvalue weighted by Crippen LogP contribution is 2.19. The summed E-state index contributed by atoms with van der Waals surface area (Å²) in [5, 5.41) is 7.52. The first-order valence-electron chi connectivity index (χ1n) is 8.41. The SMILES string of the molecule is CC(=O)N1CCC(C(=O)NC2CCN(Cc3ccsc3)C2)CC1. The van der Waals surface area contributed by atoms with Crippen LogP contribution in [-0.4, -0.2) is 53.8 Å². The Bertz CT molecular complexity index is 538. The lowest BCUT2D eigenvalue weighted by atomic mass is 9.95. The Labute approximate surface area is 141 Å². The van der Waals surface area contributed by atoms with E-state index >= 15 is 0 Å². The van der Waals surface area contributed by atoms with Crippen molar-refractivity contribution in [2.45, 2.75) is 38.8 Å². The minimum absolute atomic E-state index is 0.0662. The third-order valence-corrected chi connectivity index (χ3v) is 5.65. The summed E-state index contributed by atoms with van der Waals surface area (Å²) in [5.74, 6) is 0.357. The molecule has 2 amide bonds. The van der Waals surface area contributed by atoms with Crippen LogP contribution in [0, 0.1) is 5.92 Å². The van der Waals surface area contributed by atoms with E-state index in [2.05, 4.69) is 27.0 Å². The Morgan fingerprint density at radius 2 is 2.04 bits per heavy atom. The van der Waals surface area contributed by atoms with Crippen LogP contribution < -0.4 is 5.32 Å². The molecule has 1 aromatic rings. The van der Waals surface area contributed by atoms with E-state index in [1.807, 2.05) is 4.90 Å². The molecule has 23 heavy (non-hydrogen) atoms. The van der Waals surface area contributed by atoms with Crippen LogP contribution in [0.2, 0.25) is 0 Å². The van der Waals surface area contributed by atoms with Crippen LogP contribution in [0.4, 0.5) is 0 Å². The molecule has 2 saturated heterocycles. The average Bonchev–Trinajstić information content (AvgIpc) is 3.20. The number of piperidine rings is 1. The first kappa shape index (κ1) is 16.5. The van der Waals surface area contributed by atoms with E-state index in [1.165, 1.54) is 5.56 Å². The highest BCUT2D eigenvalue weighted by Gasteiger charge is 2.29. The summed E-state index contributed by atoms with van der Waals surface area (Å²) in [6.45, 7) is 5.98. The summed E-state index contributed by atoms with van der Waals surface area (Å²) < 4.78 is 0. The van der Waals surface area contributed by atoms with Gasteiger partial charge in [-0.1, -0.05) is 0 Å². The van der Waals surface area contributed by atoms with Crippen LogP contribution in [0.3, 0.4) is 0 Å². The smallest absolute Gasteiger partial charge is 0.223 e. The van der Waals surface area contributed by atoms with Crippen molar-refractivity contribution in [3.8, 4) is 0 Å². The van der Waals surface area contributed by atoms with Crippen molar-refractivity contribution in [1.82, 2.24) is 15.1 Å². The molecule has 0 aliphatic carbocycles. The van der Waals surface area contributed by atoms with Gasteiger partial charge in [0.05, 0.1) is 0 Å². The number of hydrogen-bond donors (Lipinski definition) is 1. The van der Waals surface area contributed by atoms with Gasteiger partial charge in [-0.25, -0.2) is 0 Å². The van der Waals surface area contributed by atoms with Crippen molar-refractivity contribution in [2.75, 3.05) is 26.2 Å². The van der Waals surface area contributed by atoms with Crippen molar-refractivity contribution >= 4 is 23.2 Å². The molecule has 0 spiro atoms. The van der Waals surface area contributed by atoms with Gasteiger partial charge in [-0.3, -0.25) is 14.5 Å². The van der Waals surface area contributed by atoms with Crippen LogP contribution in [0.25, 0.3) is 0 Å². The van der Waals surface area contributed by atoms with Gasteiger partial charge in [0.25, 0.3) is 0 Å². The molecule has 3 heterocycles. The van der Waals surface area contributed by atoms with E-state index < -0.39 is 0 Å². The van der Waals surface area contributed by atoms with Crippen molar-refractivity contribution in [2.24, 2.45) is 5.92 Å². The molecule has 2 fully saturated rings. The highest BCUT2D eigenvalue weighted by atomic mass is 32.1. The van der Waals surface area contributed by atoms with Gasteiger partial charge in [0, 0.05) is 51.6 Å². The van der Waals surface area contributed by atoms with E-state index in [9.17, 15) is 9.59 Å². The fourth-order valence-electron chi connectivity index (χ4n) is 3.51. The molecule has 2 aliphatic rings. The van der Waals surface area contributed by atoms with Crippen LogP contribution in [-0.2, 0) is 16.1 Å². The lowest BCUT2D eigenvalue weighted by Gasteiger charge is -2.31. The number of thiophene rings is 1. The number of likely N-dealkylation sites (tertiary alicyclic amines) is 2. The van der Waals surface area contributed by atoms with Gasteiger partial charge in [-0.05, 0) is 41.7 Å². The molecular weight excluding hydrogens is 310 g/mol. The summed E-state index contributed by atoms with van der Waals surface area (Å²) >= 11 is 1.73. The molecule has 1 unspecified atom stereocenters. The molecule has 1 atom stereocenters. The number of hydrogen-bond acceptors (Lipinski definition) is 4. The monoisotopic (exact) mass is 335 g/mol. The Hall–Kier alpha value is -1.40. The first-order valence-corrected chi connectivity index (χ1v) is 9.35. The maximum absolute atomic E-state index is 12.4. The molecule has 1 aromatic heterocycles. The first-order chi connectivity index (χ1) is 11.1. The number of rotatable bonds is 4. The van der Waals surface area contributed by atoms with E-state index in [1.54, 1.807) is 18.3 Å². The van der Waals surface area contributed by atoms with Gasteiger partial charge in [-0.15, -0.1) is 0 Å². The summed E-state index contributed by atoms with van der Waals surface area (Å²) in [6.07, 6.45) is 2.61. The quantitative estimate of drug-likeness (QED) is 0.911. The number of amides is 2. The standard InChI is InChI=1S/C17H25N3O2S/c1-13(21)20-7-2-15(3-8-20)17(22)18-16-4-6-19(11-16)10-14-5-9-23-12-14/h5,9,12,15-16H,2-4,6-8,10-11H2,1H3,(H,18,22). The van der Waals surface area contributed by atoms with E-state index in [0.717, 1.165) is 38.9 Å². The molecule has 6 heteroatoms. The Morgan fingerprint density at radius 3 is 2.70 bits per heavy atom. The zero-order valence-electron chi connectivity index (χ0n) is 13.7. The lowest BCUT2D eigenvalue weighted by molar-refractivity contribution is -0.134. The predicted molar refractivity (Wildman–Crippen MR) is 91.1 cm³/mol. The summed E-state index contributed by atoms with van der Waals surface area (Å²) in [5.41, 5.74) is 1.36. The minimum Gasteiger partial charge on any atom is -0.352 e. The second-order valence-corrected chi connectivity index (χ2v) is 7.42. The van der Waals surface area contributed by atoms with Crippen molar-refractivity contribution in [1.29, 1.82) is 0 Å². The van der Waals surface area contributed by atoms with Crippen LogP contribution in [0.5, 0.6) is 0 Å². The largest absolute Gasteiger partial charge is 0.352 e. The molecule has 2 aliphatic heterocycles. The topological polar surface area (TPSA) is 52.7 Å². The maximum Gasteiger partial charge on any atom is 0.223 e. The van der Waals surface area contributed by atoms with Gasteiger partial charge in [0.2, 0.25) is 11.8 Å². The second kappa shape index (κ2) is 7.45. The second-order valence-electron chi connectivity index (χ2n) is 6.64. The summed E-state index contributed by atoms with van der Waals surface area (Å²) in [6, 6.07) is 2.44. The third-order valence-electron chi connectivity index (χ3n) is 4.92. The van der Waals surface area contributed by atoms with E-state index in [0.29, 0.717) is 13.1 Å². The van der Waals surface area contributed by atoms with E-state index in [-0.39, 0.29) is 23.8 Å². The number of carbonyl (C=O) groups is 2. The maximum atomic E-state index is 12.4. The Kier molecular flexibility index (Phi) is 5.33. The molecule has 3 rings (SSSR count). The molecule has 1 N–H and O–H groups in total. The van der Waals surface area contributed by atoms with Crippen molar-refractivity contribution in [3.63, 3.8) is 0 Å². The van der Waals surface area contributed by atoms with Gasteiger partial charge in [0.15, 0.2) is 0 Å². The van der Waals surface area contributed by atoms with E-state index in [4.69, 9.17) is 0 Å². The minimum atomic E-state index is 0.0662. The Balaban J connectivity index is 1.41. The fourth-order valence-corrected chi connectivity index (χ4v) is 4.17. The molecule has 0 saturated carbocycles. The van der Waals surface area contributed by atoms with Crippen LogP contribution in [0.15, 0.2) is 16.8 Å². The summed E-state index contributed by atoms with van der Waals surface area (Å²) in [4.78, 5) is 28.0. The normalized spacial score (nSPS) is 23.2. The zero-order valence-corrected chi connectivity index (χ0v) is 14.5. The average molecular weight is 335 g/mol. The summed E-state index contributed by atoms with van der Waals surface area (Å²) in [7, 11) is 0. The number of nitrogens with zero attached hydrogens (tertiary/aromatic N) is 2. The third kappa shape index (κ3) is 4.32. The van der Waals surface area contributed by atoms with Gasteiger partial charge < -0.3 is 10.2 Å². The molecule has 5 nitrogen and oxygen atoms in total. The predicted octanol–water partition coefficient (Wildman–Crippen LogP) is 1.70. The highest BCUT2D eigenvalue weighted by molar-refractivity contribution is 7.07. The van der Waals surface area contributed by atoms with Gasteiger partial charge >= 0.3 is 0 Å². The van der Waals surface area contributed by atoms with Crippen LogP contribution >= 0.6 is 11.3 Å². The Morgan fingerprint density at radius 1 is 1.26 bits per heavy atom. The number of carbonyl (C=O) groups excluding carboxylic acids is 2. The van der Waals surface area contributed by atoms with Crippen molar-refractivity contribution in [3.05, 3.63) is 22.4 Å². The molecule has 126 valence electrons. The molecule has 0 radical (unpaired) electrons. The molecule has 0 aromatic carbocycles. The van der Waals surface area contributed by atoms with Crippen LogP contribution in [0.1, 0.15) is 31.7 Å². The zero-order chi connectivity index (χ0) is 16.2. The lowest BCUT2D eigenvalue weighted by Crippen LogP contribution is -2.45.